The summed E-state index contributed by atoms with van der Waals surface area (Å²) in [5.74, 6) is 0.120. The third kappa shape index (κ3) is 5.82. The highest BCUT2D eigenvalue weighted by Crippen LogP contribution is 2.24. The van der Waals surface area contributed by atoms with Gasteiger partial charge in [0.05, 0.1) is 5.92 Å². The van der Waals surface area contributed by atoms with Crippen molar-refractivity contribution in [3.63, 3.8) is 0 Å². The Morgan fingerprint density at radius 1 is 1.19 bits per heavy atom. The summed E-state index contributed by atoms with van der Waals surface area (Å²) in [4.78, 5) is 27.7. The number of carbonyl (C=O) groups is 2. The van der Waals surface area contributed by atoms with Crippen molar-refractivity contribution in [1.29, 1.82) is 5.26 Å². The maximum Gasteiger partial charge on any atom is 0.264 e. The smallest absolute Gasteiger partial charge is 0.264 e. The van der Waals surface area contributed by atoms with E-state index in [1.165, 1.54) is 19.3 Å². The number of nitrogens with one attached hydrogen (secondary N) is 1. The van der Waals surface area contributed by atoms with E-state index in [1.54, 1.807) is 11.0 Å². The third-order valence-corrected chi connectivity index (χ3v) is 6.84. The number of aromatic nitrogens is 1. The number of nitriles is 1. The molecule has 32 heavy (non-hydrogen) atoms. The predicted molar refractivity (Wildman–Crippen MR) is 127 cm³/mol. The summed E-state index contributed by atoms with van der Waals surface area (Å²) >= 11 is 0. The summed E-state index contributed by atoms with van der Waals surface area (Å²) in [7, 11) is 0. The number of nitrogens with zero attached hydrogens (tertiary/aromatic N) is 3. The SMILES string of the molecule is Cc1cc(/C=C(/C#N)C(=O)N2CCC[C@@H](C(=O)NC3CCCCC3)C2)c(C)n1CC(C)C. The van der Waals surface area contributed by atoms with E-state index in [4.69, 9.17) is 0 Å². The zero-order valence-corrected chi connectivity index (χ0v) is 20.1. The highest BCUT2D eigenvalue weighted by Gasteiger charge is 2.31. The first kappa shape index (κ1) is 24.1. The first-order valence-electron chi connectivity index (χ1n) is 12.2. The van der Waals surface area contributed by atoms with Crippen LogP contribution < -0.4 is 5.32 Å². The Hall–Kier alpha value is -2.55. The van der Waals surface area contributed by atoms with Gasteiger partial charge in [-0.05, 0) is 63.2 Å². The molecule has 6 heteroatoms. The molecular weight excluding hydrogens is 400 g/mol. The van der Waals surface area contributed by atoms with E-state index in [0.717, 1.165) is 49.2 Å². The number of hydrogen-bond donors (Lipinski definition) is 1. The van der Waals surface area contributed by atoms with Crippen molar-refractivity contribution in [2.45, 2.75) is 85.2 Å². The zero-order valence-electron chi connectivity index (χ0n) is 20.1. The van der Waals surface area contributed by atoms with Crippen molar-refractivity contribution < 1.29 is 9.59 Å². The van der Waals surface area contributed by atoms with Gasteiger partial charge in [-0.3, -0.25) is 9.59 Å². The molecular formula is C26H38N4O2. The van der Waals surface area contributed by atoms with E-state index in [-0.39, 0.29) is 29.3 Å². The molecule has 2 aliphatic rings. The minimum absolute atomic E-state index is 0.0640. The van der Waals surface area contributed by atoms with Crippen LogP contribution in [0.4, 0.5) is 0 Å². The van der Waals surface area contributed by atoms with Gasteiger partial charge >= 0.3 is 0 Å². The fourth-order valence-corrected chi connectivity index (χ4v) is 5.03. The maximum absolute atomic E-state index is 13.2. The number of hydrogen-bond acceptors (Lipinski definition) is 3. The summed E-state index contributed by atoms with van der Waals surface area (Å²) in [5, 5.41) is 12.9. The van der Waals surface area contributed by atoms with Gasteiger partial charge in [0, 0.05) is 37.1 Å². The van der Waals surface area contributed by atoms with Crippen LogP contribution in [0.1, 0.15) is 75.7 Å². The number of likely N-dealkylation sites (tertiary alicyclic amines) is 1. The first-order valence-corrected chi connectivity index (χ1v) is 12.2. The Labute approximate surface area is 192 Å². The first-order chi connectivity index (χ1) is 15.3. The molecule has 3 rings (SSSR count). The molecule has 1 atom stereocenters. The molecule has 0 spiro atoms. The van der Waals surface area contributed by atoms with Gasteiger partial charge in [-0.15, -0.1) is 0 Å². The standard InChI is InChI=1S/C26H38N4O2/c1-18(2)16-30-19(3)13-22(20(30)4)14-23(15-27)26(32)29-12-8-9-21(17-29)25(31)28-24-10-6-5-7-11-24/h13-14,18,21,24H,5-12,16-17H2,1-4H3,(H,28,31)/b23-14-/t21-/m1/s1. The second kappa shape index (κ2) is 10.8. The number of amides is 2. The van der Waals surface area contributed by atoms with Crippen LogP contribution in [0.25, 0.3) is 6.08 Å². The van der Waals surface area contributed by atoms with Gasteiger partial charge in [0.15, 0.2) is 0 Å². The van der Waals surface area contributed by atoms with Gasteiger partial charge in [-0.25, -0.2) is 0 Å². The zero-order chi connectivity index (χ0) is 23.3. The second-order valence-electron chi connectivity index (χ2n) is 9.93. The lowest BCUT2D eigenvalue weighted by Crippen LogP contribution is -2.48. The van der Waals surface area contributed by atoms with Crippen molar-refractivity contribution in [3.8, 4) is 6.07 Å². The Balaban J connectivity index is 1.69. The summed E-state index contributed by atoms with van der Waals surface area (Å²) in [6.45, 7) is 10.3. The highest BCUT2D eigenvalue weighted by molar-refractivity contribution is 6.02. The van der Waals surface area contributed by atoms with Crippen molar-refractivity contribution in [2.75, 3.05) is 13.1 Å². The fourth-order valence-electron chi connectivity index (χ4n) is 5.03. The molecule has 2 fully saturated rings. The Kier molecular flexibility index (Phi) is 8.17. The molecule has 2 amide bonds. The lowest BCUT2D eigenvalue weighted by molar-refractivity contribution is -0.132. The average Bonchev–Trinajstić information content (AvgIpc) is 3.04. The minimum atomic E-state index is -0.267. The Bertz CT molecular complexity index is 900. The summed E-state index contributed by atoms with van der Waals surface area (Å²) < 4.78 is 2.24. The number of aryl methyl sites for hydroxylation is 1. The molecule has 6 nitrogen and oxygen atoms in total. The number of carbonyl (C=O) groups excluding carboxylic acids is 2. The monoisotopic (exact) mass is 438 g/mol. The lowest BCUT2D eigenvalue weighted by atomic mass is 9.92. The number of piperidine rings is 1. The van der Waals surface area contributed by atoms with Crippen LogP contribution in [0.3, 0.4) is 0 Å². The van der Waals surface area contributed by atoms with Crippen LogP contribution >= 0.6 is 0 Å². The van der Waals surface area contributed by atoms with Crippen molar-refractivity contribution in [2.24, 2.45) is 11.8 Å². The van der Waals surface area contributed by atoms with Gasteiger partial charge in [0.25, 0.3) is 5.91 Å². The van der Waals surface area contributed by atoms with Crippen LogP contribution in [0, 0.1) is 37.0 Å². The summed E-state index contributed by atoms with van der Waals surface area (Å²) in [6.07, 6.45) is 9.01. The van der Waals surface area contributed by atoms with E-state index in [1.807, 2.05) is 13.0 Å². The normalized spacial score (nSPS) is 20.3. The van der Waals surface area contributed by atoms with E-state index in [0.29, 0.717) is 19.0 Å². The van der Waals surface area contributed by atoms with E-state index < -0.39 is 0 Å². The molecule has 1 saturated heterocycles. The molecule has 2 heterocycles. The van der Waals surface area contributed by atoms with Crippen LogP contribution in [-0.4, -0.2) is 40.4 Å². The van der Waals surface area contributed by atoms with E-state index >= 15 is 0 Å². The average molecular weight is 439 g/mol. The van der Waals surface area contributed by atoms with E-state index in [9.17, 15) is 14.9 Å². The predicted octanol–water partition coefficient (Wildman–Crippen LogP) is 4.36. The van der Waals surface area contributed by atoms with Gasteiger partial charge in [-0.1, -0.05) is 33.1 Å². The molecule has 0 unspecified atom stereocenters. The van der Waals surface area contributed by atoms with Gasteiger partial charge < -0.3 is 14.8 Å². The molecule has 1 saturated carbocycles. The molecule has 0 bridgehead atoms. The third-order valence-electron chi connectivity index (χ3n) is 6.84. The minimum Gasteiger partial charge on any atom is -0.353 e. The van der Waals surface area contributed by atoms with Gasteiger partial charge in [0.2, 0.25) is 5.91 Å². The molecule has 1 aliphatic carbocycles. The molecule has 0 radical (unpaired) electrons. The molecule has 1 N–H and O–H groups in total. The molecule has 174 valence electrons. The molecule has 1 aliphatic heterocycles. The Morgan fingerprint density at radius 2 is 1.91 bits per heavy atom. The van der Waals surface area contributed by atoms with Gasteiger partial charge in [-0.2, -0.15) is 5.26 Å². The van der Waals surface area contributed by atoms with Gasteiger partial charge in [0.1, 0.15) is 11.6 Å². The van der Waals surface area contributed by atoms with Crippen molar-refractivity contribution in [1.82, 2.24) is 14.8 Å². The van der Waals surface area contributed by atoms with Crippen molar-refractivity contribution >= 4 is 17.9 Å². The Morgan fingerprint density at radius 3 is 2.56 bits per heavy atom. The van der Waals surface area contributed by atoms with Crippen LogP contribution in [0.5, 0.6) is 0 Å². The maximum atomic E-state index is 13.2. The van der Waals surface area contributed by atoms with Crippen LogP contribution in [0.2, 0.25) is 0 Å². The second-order valence-corrected chi connectivity index (χ2v) is 9.93. The van der Waals surface area contributed by atoms with E-state index in [2.05, 4.69) is 36.7 Å². The molecule has 0 aromatic carbocycles. The van der Waals surface area contributed by atoms with Crippen molar-refractivity contribution in [3.05, 3.63) is 28.6 Å². The largest absolute Gasteiger partial charge is 0.353 e. The van der Waals surface area contributed by atoms with Crippen LogP contribution in [0.15, 0.2) is 11.6 Å². The molecule has 1 aromatic heterocycles. The summed E-state index contributed by atoms with van der Waals surface area (Å²) in [5.41, 5.74) is 3.25. The fraction of sp³-hybridized carbons (Fsp3) is 0.654. The van der Waals surface area contributed by atoms with Crippen LogP contribution in [-0.2, 0) is 16.1 Å². The lowest BCUT2D eigenvalue weighted by Gasteiger charge is -2.33. The topological polar surface area (TPSA) is 78.1 Å². The number of rotatable bonds is 6. The summed E-state index contributed by atoms with van der Waals surface area (Å²) in [6, 6.07) is 4.43. The quantitative estimate of drug-likeness (QED) is 0.530. The molecule has 1 aromatic rings. The highest BCUT2D eigenvalue weighted by atomic mass is 16.2.